The van der Waals surface area contributed by atoms with Crippen LogP contribution < -0.4 is 0 Å². The average molecular weight is 617 g/mol. The van der Waals surface area contributed by atoms with Crippen molar-refractivity contribution >= 4 is 11.6 Å². The third kappa shape index (κ3) is 11.6. The quantitative estimate of drug-likeness (QED) is 0.131. The van der Waals surface area contributed by atoms with Crippen molar-refractivity contribution < 1.29 is 51.7 Å². The molecule has 228 valence electrons. The topological polar surface area (TPSA) is 129 Å². The molecule has 4 aliphatic rings. The number of aliphatic hydroxyl groups excluding tert-OH is 2. The molecule has 0 aliphatic heterocycles. The van der Waals surface area contributed by atoms with Crippen molar-refractivity contribution in [3.05, 3.63) is 95.5 Å². The second-order valence-corrected chi connectivity index (χ2v) is 13.2. The third-order valence-electron chi connectivity index (χ3n) is 7.69. The number of hydrogen-bond donors (Lipinski definition) is 2. The Morgan fingerprint density at radius 1 is 0.690 bits per heavy atom. The van der Waals surface area contributed by atoms with E-state index in [0.29, 0.717) is 34.0 Å². The van der Waals surface area contributed by atoms with Crippen molar-refractivity contribution in [1.29, 1.82) is 0 Å². The Morgan fingerprint density at radius 2 is 0.952 bits per heavy atom. The molecule has 6 rings (SSSR count). The van der Waals surface area contributed by atoms with Crippen molar-refractivity contribution in [2.75, 3.05) is 6.61 Å². The van der Waals surface area contributed by atoms with E-state index in [-0.39, 0.29) is 50.4 Å². The summed E-state index contributed by atoms with van der Waals surface area (Å²) < 4.78 is 0. The molecule has 2 aromatic carbocycles. The molecule has 4 saturated carbocycles. The third-order valence-corrected chi connectivity index (χ3v) is 7.69. The van der Waals surface area contributed by atoms with Crippen LogP contribution in [0.1, 0.15) is 91.2 Å². The zero-order chi connectivity index (χ0) is 30.9. The summed E-state index contributed by atoms with van der Waals surface area (Å²) in [6, 6.07) is 18.1. The molecule has 0 radical (unpaired) electrons. The molecule has 4 fully saturated rings. The Labute approximate surface area is 266 Å². The van der Waals surface area contributed by atoms with Crippen LogP contribution in [0, 0.1) is 16.2 Å². The molecule has 0 amide bonds. The van der Waals surface area contributed by atoms with Gasteiger partial charge in [-0.3, -0.25) is 9.59 Å². The minimum absolute atomic E-state index is 0. The molecule has 0 atom stereocenters. The van der Waals surface area contributed by atoms with Gasteiger partial charge < -0.3 is 20.4 Å². The van der Waals surface area contributed by atoms with Crippen LogP contribution >= 0.6 is 0 Å². The van der Waals surface area contributed by atoms with Gasteiger partial charge in [-0.25, -0.2) is 0 Å². The number of allylic oxidation sites excluding steroid dienone is 4. The van der Waals surface area contributed by atoms with E-state index in [1.54, 1.807) is 31.2 Å². The molecule has 0 aromatic heterocycles. The molecule has 0 heterocycles. The Balaban J connectivity index is 0.000000299. The fourth-order valence-electron chi connectivity index (χ4n) is 8.07. The van der Waals surface area contributed by atoms with Crippen LogP contribution in [0.3, 0.4) is 0 Å². The molecule has 0 unspecified atom stereocenters. The van der Waals surface area contributed by atoms with E-state index in [0.717, 1.165) is 0 Å². The predicted molar refractivity (Wildman–Crippen MR) is 170 cm³/mol. The summed E-state index contributed by atoms with van der Waals surface area (Å²) in [4.78, 5) is 18.7. The van der Waals surface area contributed by atoms with Crippen molar-refractivity contribution in [1.82, 2.24) is 0 Å². The summed E-state index contributed by atoms with van der Waals surface area (Å²) in [6.45, 7) is 12.6. The van der Waals surface area contributed by atoms with E-state index in [2.05, 4.69) is 20.8 Å². The number of aliphatic hydroxyl groups is 2. The zero-order valence-corrected chi connectivity index (χ0v) is 27.7. The fraction of sp³-hybridized carbons (Fsp3) is 0.486. The van der Waals surface area contributed by atoms with Crippen LogP contribution in [0.15, 0.2) is 84.3 Å². The van der Waals surface area contributed by atoms with Crippen LogP contribution in [0.5, 0.6) is 0 Å². The van der Waals surface area contributed by atoms with Gasteiger partial charge in [0.2, 0.25) is 0 Å². The molecule has 0 saturated heterocycles. The van der Waals surface area contributed by atoms with Crippen LogP contribution in [-0.4, -0.2) is 53.8 Å². The molecule has 2 aromatic rings. The summed E-state index contributed by atoms with van der Waals surface area (Å²) in [5.74, 6) is 0.346. The molecular weight excluding hydrogens is 564 g/mol. The number of benzene rings is 2. The maximum absolute atomic E-state index is 9.37. The second-order valence-electron chi connectivity index (χ2n) is 13.2. The standard InChI is InChI=1S/C13H22O.2C10H10O2.C2H6O.Ti/c1-10-4-11(2)6-12(3,5-10)9-13(14,7-10)8-11;2*1-8(11)7-10(12)9-5-3-2-4-6-9;1-2-3;/h14H,4-9H2,1-3H3;2*2-7,11H,1H3;3H,2H2,1H3;/p+4/b;2*8-7-;;. The van der Waals surface area contributed by atoms with Gasteiger partial charge in [-0.05, 0) is 73.6 Å². The maximum atomic E-state index is 9.37. The summed E-state index contributed by atoms with van der Waals surface area (Å²) >= 11 is 0. The first-order valence-corrected chi connectivity index (χ1v) is 14.4. The van der Waals surface area contributed by atoms with Crippen molar-refractivity contribution in [2.24, 2.45) is 16.2 Å². The number of rotatable bonds is 4. The average Bonchev–Trinajstić information content (AvgIpc) is 2.82. The second kappa shape index (κ2) is 15.8. The van der Waals surface area contributed by atoms with Gasteiger partial charge in [0.05, 0.1) is 34.8 Å². The first-order chi connectivity index (χ1) is 19.1. The molecule has 6 nitrogen and oxygen atoms in total. The first-order valence-electron chi connectivity index (χ1n) is 14.4. The smallest absolute Gasteiger partial charge is 0.350 e. The van der Waals surface area contributed by atoms with E-state index in [4.69, 9.17) is 20.4 Å². The Hall–Kier alpha value is -2.51. The monoisotopic (exact) mass is 616 g/mol. The SMILES string of the molecule is C/C(O)=C/C(=[OH+])c1ccccc1.C/C(O)=C/C(=[OH+])c1ccccc1.CC12CC3(C)CC(C)(C1)CC([OH2+])(C2)C3.CC[OH2+].[Ti]. The van der Waals surface area contributed by atoms with Gasteiger partial charge in [0.15, 0.2) is 5.60 Å². The van der Waals surface area contributed by atoms with Crippen molar-refractivity contribution in [3.63, 3.8) is 0 Å². The Kier molecular flexibility index (Phi) is 14.1. The first kappa shape index (κ1) is 37.5. The normalized spacial score (nSPS) is 28.9. The van der Waals surface area contributed by atoms with Gasteiger partial charge >= 0.3 is 11.6 Å². The van der Waals surface area contributed by atoms with Gasteiger partial charge in [0.25, 0.3) is 0 Å². The summed E-state index contributed by atoms with van der Waals surface area (Å²) in [7, 11) is 0. The van der Waals surface area contributed by atoms with E-state index in [1.165, 1.54) is 64.5 Å². The minimum atomic E-state index is -0.0625. The molecule has 0 spiro atoms. The van der Waals surface area contributed by atoms with Gasteiger partial charge in [-0.2, -0.15) is 0 Å². The number of hydrogen-bond acceptors (Lipinski definition) is 2. The maximum Gasteiger partial charge on any atom is 0.350 e. The van der Waals surface area contributed by atoms with E-state index in [1.807, 2.05) is 36.4 Å². The summed E-state index contributed by atoms with van der Waals surface area (Å²) in [5.41, 5.74) is 2.84. The predicted octanol–water partition coefficient (Wildman–Crippen LogP) is 6.66. The molecule has 4 bridgehead atoms. The molecule has 4 aliphatic carbocycles. The van der Waals surface area contributed by atoms with Crippen LogP contribution in [0.4, 0.5) is 0 Å². The molecule has 42 heavy (non-hydrogen) atoms. The van der Waals surface area contributed by atoms with Crippen LogP contribution in [-0.2, 0) is 21.7 Å². The van der Waals surface area contributed by atoms with Crippen LogP contribution in [0.2, 0.25) is 0 Å². The molecule has 8 N–H and O–H groups in total. The van der Waals surface area contributed by atoms with Gasteiger partial charge in [-0.1, -0.05) is 57.2 Å². The van der Waals surface area contributed by atoms with Gasteiger partial charge in [-0.15, -0.1) is 0 Å². The minimum Gasteiger partial charge on any atom is -0.512 e. The van der Waals surface area contributed by atoms with E-state index in [9.17, 15) is 9.59 Å². The summed E-state index contributed by atoms with van der Waals surface area (Å²) in [6.07, 6.45) is 10.3. The summed E-state index contributed by atoms with van der Waals surface area (Å²) in [5, 5.41) is 32.5. The van der Waals surface area contributed by atoms with Crippen molar-refractivity contribution in [2.45, 2.75) is 85.7 Å². The Bertz CT molecular complexity index is 1050. The largest absolute Gasteiger partial charge is 0.512 e. The number of ketones is 2. The number of carbonyl (C=O) groups excluding carboxylic acids is 2. The van der Waals surface area contributed by atoms with E-state index >= 15 is 0 Å². The zero-order valence-electron chi connectivity index (χ0n) is 26.2. The van der Waals surface area contributed by atoms with Gasteiger partial charge in [0.1, 0.15) is 6.61 Å². The fourth-order valence-corrected chi connectivity index (χ4v) is 8.07. The van der Waals surface area contributed by atoms with Crippen molar-refractivity contribution in [3.8, 4) is 0 Å². The molecular formula is C35H52O6Ti+4. The van der Waals surface area contributed by atoms with Gasteiger partial charge in [0, 0.05) is 47.9 Å². The van der Waals surface area contributed by atoms with E-state index < -0.39 is 0 Å². The van der Waals surface area contributed by atoms with Crippen LogP contribution in [0.25, 0.3) is 0 Å². The molecule has 7 heteroatoms. The Morgan fingerprint density at radius 3 is 1.17 bits per heavy atom.